The van der Waals surface area contributed by atoms with E-state index in [1.54, 1.807) is 4.90 Å². The third-order valence-corrected chi connectivity index (χ3v) is 2.82. The van der Waals surface area contributed by atoms with E-state index in [9.17, 15) is 4.79 Å². The molecule has 2 aromatic rings. The molecule has 0 aliphatic heterocycles. The van der Waals surface area contributed by atoms with Gasteiger partial charge in [-0.2, -0.15) is 0 Å². The summed E-state index contributed by atoms with van der Waals surface area (Å²) in [4.78, 5) is 13.9. The van der Waals surface area contributed by atoms with Gasteiger partial charge in [0.15, 0.2) is 0 Å². The van der Waals surface area contributed by atoms with Crippen LogP contribution in [0.2, 0.25) is 0 Å². The zero-order valence-electron chi connectivity index (χ0n) is 11.0. The molecule has 0 unspecified atom stereocenters. The first-order chi connectivity index (χ1) is 9.31. The number of carbonyl (C=O) groups is 1. The van der Waals surface area contributed by atoms with Crippen LogP contribution in [-0.4, -0.2) is 19.6 Å². The number of hydrogen-bond donors (Lipinski definition) is 0. The number of carbonyl (C=O) groups excluding carboxylic acids is 1. The van der Waals surface area contributed by atoms with E-state index in [1.807, 2.05) is 60.7 Å². The van der Waals surface area contributed by atoms with Crippen LogP contribution in [0.5, 0.6) is 0 Å². The minimum Gasteiger partial charge on any atom is -0.375 e. The summed E-state index contributed by atoms with van der Waals surface area (Å²) in [5.74, 6) is -0.0439. The van der Waals surface area contributed by atoms with Crippen molar-refractivity contribution in [3.8, 4) is 0 Å². The van der Waals surface area contributed by atoms with Crippen molar-refractivity contribution in [2.45, 2.75) is 6.54 Å². The number of amides is 1. The summed E-state index contributed by atoms with van der Waals surface area (Å²) < 4.78 is 4.95. The molecule has 0 atom stereocenters. The van der Waals surface area contributed by atoms with E-state index in [-0.39, 0.29) is 12.5 Å². The molecule has 0 N–H and O–H groups in total. The monoisotopic (exact) mass is 255 g/mol. The molecular weight excluding hydrogens is 238 g/mol. The van der Waals surface area contributed by atoms with Crippen LogP contribution in [0.25, 0.3) is 0 Å². The van der Waals surface area contributed by atoms with E-state index in [0.717, 1.165) is 11.3 Å². The second-order valence-electron chi connectivity index (χ2n) is 4.23. The first kappa shape index (κ1) is 13.3. The molecular formula is C16H17NO2. The lowest BCUT2D eigenvalue weighted by Crippen LogP contribution is -2.33. The molecule has 19 heavy (non-hydrogen) atoms. The molecule has 98 valence electrons. The van der Waals surface area contributed by atoms with Crippen LogP contribution in [0.3, 0.4) is 0 Å². The second-order valence-corrected chi connectivity index (χ2v) is 4.23. The SMILES string of the molecule is COCC(=O)N(Cc1ccccc1)c1ccccc1. The predicted molar refractivity (Wildman–Crippen MR) is 76.0 cm³/mol. The number of methoxy groups -OCH3 is 1. The highest BCUT2D eigenvalue weighted by molar-refractivity contribution is 5.94. The summed E-state index contributed by atoms with van der Waals surface area (Å²) in [6, 6.07) is 19.6. The van der Waals surface area contributed by atoms with Crippen molar-refractivity contribution in [2.24, 2.45) is 0 Å². The van der Waals surface area contributed by atoms with Gasteiger partial charge in [-0.25, -0.2) is 0 Å². The molecule has 3 nitrogen and oxygen atoms in total. The summed E-state index contributed by atoms with van der Waals surface area (Å²) in [5, 5.41) is 0. The maximum absolute atomic E-state index is 12.1. The zero-order valence-corrected chi connectivity index (χ0v) is 11.0. The fourth-order valence-electron chi connectivity index (χ4n) is 1.90. The van der Waals surface area contributed by atoms with Crippen LogP contribution >= 0.6 is 0 Å². The Morgan fingerprint density at radius 2 is 1.58 bits per heavy atom. The third kappa shape index (κ3) is 3.66. The van der Waals surface area contributed by atoms with Crippen LogP contribution in [0.1, 0.15) is 5.56 Å². The maximum Gasteiger partial charge on any atom is 0.253 e. The first-order valence-electron chi connectivity index (χ1n) is 6.19. The van der Waals surface area contributed by atoms with Crippen molar-refractivity contribution in [1.82, 2.24) is 0 Å². The van der Waals surface area contributed by atoms with E-state index >= 15 is 0 Å². The third-order valence-electron chi connectivity index (χ3n) is 2.82. The lowest BCUT2D eigenvalue weighted by Gasteiger charge is -2.22. The van der Waals surface area contributed by atoms with Gasteiger partial charge in [0.05, 0.1) is 6.54 Å². The highest BCUT2D eigenvalue weighted by Crippen LogP contribution is 2.17. The predicted octanol–water partition coefficient (Wildman–Crippen LogP) is 2.87. The van der Waals surface area contributed by atoms with Crippen LogP contribution < -0.4 is 4.90 Å². The smallest absolute Gasteiger partial charge is 0.253 e. The fraction of sp³-hybridized carbons (Fsp3) is 0.188. The van der Waals surface area contributed by atoms with E-state index in [4.69, 9.17) is 4.74 Å². The molecule has 0 radical (unpaired) electrons. The molecule has 0 aromatic heterocycles. The average Bonchev–Trinajstić information content (AvgIpc) is 2.47. The van der Waals surface area contributed by atoms with Gasteiger partial charge in [-0.3, -0.25) is 4.79 Å². The number of ether oxygens (including phenoxy) is 1. The van der Waals surface area contributed by atoms with Crippen molar-refractivity contribution in [3.63, 3.8) is 0 Å². The van der Waals surface area contributed by atoms with E-state index in [0.29, 0.717) is 6.54 Å². The summed E-state index contributed by atoms with van der Waals surface area (Å²) in [7, 11) is 1.53. The van der Waals surface area contributed by atoms with Gasteiger partial charge < -0.3 is 9.64 Å². The van der Waals surface area contributed by atoms with Crippen molar-refractivity contribution in [1.29, 1.82) is 0 Å². The number of hydrogen-bond acceptors (Lipinski definition) is 2. The van der Waals surface area contributed by atoms with Gasteiger partial charge in [-0.1, -0.05) is 48.5 Å². The van der Waals surface area contributed by atoms with Gasteiger partial charge in [0.25, 0.3) is 5.91 Å². The molecule has 1 amide bonds. The zero-order chi connectivity index (χ0) is 13.5. The van der Waals surface area contributed by atoms with Gasteiger partial charge in [0.2, 0.25) is 0 Å². The topological polar surface area (TPSA) is 29.5 Å². The Bertz CT molecular complexity index is 511. The minimum atomic E-state index is -0.0439. The largest absolute Gasteiger partial charge is 0.375 e. The molecule has 0 fully saturated rings. The highest BCUT2D eigenvalue weighted by Gasteiger charge is 2.15. The quantitative estimate of drug-likeness (QED) is 0.822. The molecule has 2 aromatic carbocycles. The average molecular weight is 255 g/mol. The van der Waals surface area contributed by atoms with Gasteiger partial charge in [0.1, 0.15) is 6.61 Å². The van der Waals surface area contributed by atoms with Crippen LogP contribution in [0.15, 0.2) is 60.7 Å². The maximum atomic E-state index is 12.1. The van der Waals surface area contributed by atoms with Gasteiger partial charge >= 0.3 is 0 Å². The van der Waals surface area contributed by atoms with Crippen molar-refractivity contribution in [2.75, 3.05) is 18.6 Å². The van der Waals surface area contributed by atoms with E-state index < -0.39 is 0 Å². The molecule has 2 rings (SSSR count). The highest BCUT2D eigenvalue weighted by atomic mass is 16.5. The summed E-state index contributed by atoms with van der Waals surface area (Å²) in [6.07, 6.45) is 0. The molecule has 0 heterocycles. The van der Waals surface area contributed by atoms with Crippen LogP contribution in [0, 0.1) is 0 Å². The van der Waals surface area contributed by atoms with Gasteiger partial charge in [-0.15, -0.1) is 0 Å². The number of para-hydroxylation sites is 1. The Balaban J connectivity index is 2.22. The van der Waals surface area contributed by atoms with Crippen LogP contribution in [-0.2, 0) is 16.1 Å². The lowest BCUT2D eigenvalue weighted by molar-refractivity contribution is -0.122. The Labute approximate surface area is 113 Å². The number of rotatable bonds is 5. The standard InChI is InChI=1S/C16H17NO2/c1-19-13-16(18)17(15-10-6-3-7-11-15)12-14-8-4-2-5-9-14/h2-11H,12-13H2,1H3. The number of nitrogens with zero attached hydrogens (tertiary/aromatic N) is 1. The number of benzene rings is 2. The Hall–Kier alpha value is -2.13. The summed E-state index contributed by atoms with van der Waals surface area (Å²) in [5.41, 5.74) is 1.98. The van der Waals surface area contributed by atoms with Crippen molar-refractivity contribution >= 4 is 11.6 Å². The van der Waals surface area contributed by atoms with Gasteiger partial charge in [0, 0.05) is 12.8 Å². The molecule has 0 saturated carbocycles. The van der Waals surface area contributed by atoms with Crippen molar-refractivity contribution in [3.05, 3.63) is 66.2 Å². The summed E-state index contributed by atoms with van der Waals surface area (Å²) >= 11 is 0. The Kier molecular flexibility index (Phi) is 4.70. The van der Waals surface area contributed by atoms with Crippen molar-refractivity contribution < 1.29 is 9.53 Å². The number of anilines is 1. The molecule has 0 saturated heterocycles. The first-order valence-corrected chi connectivity index (χ1v) is 6.19. The fourth-order valence-corrected chi connectivity index (χ4v) is 1.90. The molecule has 0 bridgehead atoms. The molecule has 0 aliphatic rings. The molecule has 0 spiro atoms. The summed E-state index contributed by atoms with van der Waals surface area (Å²) in [6.45, 7) is 0.634. The van der Waals surface area contributed by atoms with Crippen LogP contribution in [0.4, 0.5) is 5.69 Å². The Morgan fingerprint density at radius 3 is 2.16 bits per heavy atom. The normalized spacial score (nSPS) is 10.2. The lowest BCUT2D eigenvalue weighted by atomic mass is 10.2. The van der Waals surface area contributed by atoms with E-state index in [1.165, 1.54) is 7.11 Å². The molecule has 0 aliphatic carbocycles. The minimum absolute atomic E-state index is 0.0439. The van der Waals surface area contributed by atoms with Gasteiger partial charge in [-0.05, 0) is 17.7 Å². The van der Waals surface area contributed by atoms with E-state index in [2.05, 4.69) is 0 Å². The second kappa shape index (κ2) is 6.71. The Morgan fingerprint density at radius 1 is 1.00 bits per heavy atom. The molecule has 3 heteroatoms.